The molecule has 0 atom stereocenters. The standard InChI is InChI=1S/C27H51N3S3/c1-3-5-7-9-11-13-15-17-19-21-23-32-26-28-25(31)29-27(30-26)33-24-22-20-18-16-14-12-10-8-6-4-2/h3-24H2,1-2H3,(H,28,29,30,31). The summed E-state index contributed by atoms with van der Waals surface area (Å²) in [4.78, 5) is 12.3. The van der Waals surface area contributed by atoms with Gasteiger partial charge in [-0.2, -0.15) is 9.97 Å². The fraction of sp³-hybridized carbons (Fsp3) is 0.889. The van der Waals surface area contributed by atoms with Crippen LogP contribution in [0.4, 0.5) is 0 Å². The van der Waals surface area contributed by atoms with Gasteiger partial charge in [-0.1, -0.05) is 153 Å². The summed E-state index contributed by atoms with van der Waals surface area (Å²) in [6.07, 6.45) is 27.5. The monoisotopic (exact) mass is 513 g/mol. The van der Waals surface area contributed by atoms with Crippen molar-refractivity contribution in [2.75, 3.05) is 11.5 Å². The maximum atomic E-state index is 5.33. The van der Waals surface area contributed by atoms with E-state index in [0.29, 0.717) is 4.77 Å². The molecule has 1 heterocycles. The highest BCUT2D eigenvalue weighted by Crippen LogP contribution is 2.21. The second-order valence-electron chi connectivity index (χ2n) is 9.30. The van der Waals surface area contributed by atoms with Crippen LogP contribution in [0, 0.1) is 4.77 Å². The maximum Gasteiger partial charge on any atom is 0.201 e. The van der Waals surface area contributed by atoms with Crippen LogP contribution in [-0.4, -0.2) is 26.5 Å². The van der Waals surface area contributed by atoms with E-state index in [-0.39, 0.29) is 0 Å². The van der Waals surface area contributed by atoms with E-state index >= 15 is 0 Å². The summed E-state index contributed by atoms with van der Waals surface area (Å²) >= 11 is 8.89. The van der Waals surface area contributed by atoms with E-state index < -0.39 is 0 Å². The normalized spacial score (nSPS) is 11.3. The number of H-pyrrole nitrogens is 1. The van der Waals surface area contributed by atoms with Gasteiger partial charge in [0.1, 0.15) is 0 Å². The van der Waals surface area contributed by atoms with Gasteiger partial charge in [0.15, 0.2) is 10.3 Å². The lowest BCUT2D eigenvalue weighted by atomic mass is 10.1. The zero-order valence-corrected chi connectivity index (χ0v) is 24.1. The van der Waals surface area contributed by atoms with Crippen molar-refractivity contribution >= 4 is 35.7 Å². The maximum absolute atomic E-state index is 5.33. The van der Waals surface area contributed by atoms with Gasteiger partial charge in [-0.25, -0.2) is 0 Å². The van der Waals surface area contributed by atoms with E-state index in [9.17, 15) is 0 Å². The summed E-state index contributed by atoms with van der Waals surface area (Å²) in [7, 11) is 0. The molecule has 0 bridgehead atoms. The van der Waals surface area contributed by atoms with E-state index in [2.05, 4.69) is 23.8 Å². The summed E-state index contributed by atoms with van der Waals surface area (Å²) in [5, 5.41) is 1.79. The molecule has 0 aliphatic rings. The number of aromatic nitrogens is 3. The lowest BCUT2D eigenvalue weighted by molar-refractivity contribution is 0.563. The van der Waals surface area contributed by atoms with Crippen molar-refractivity contribution in [2.45, 2.75) is 153 Å². The van der Waals surface area contributed by atoms with Gasteiger partial charge in [0.05, 0.1) is 0 Å². The third kappa shape index (κ3) is 19.9. The first-order valence-electron chi connectivity index (χ1n) is 14.0. The molecule has 0 aromatic carbocycles. The predicted molar refractivity (Wildman–Crippen MR) is 152 cm³/mol. The molecule has 0 saturated carbocycles. The van der Waals surface area contributed by atoms with Crippen molar-refractivity contribution in [3.63, 3.8) is 0 Å². The van der Waals surface area contributed by atoms with Gasteiger partial charge < -0.3 is 4.98 Å². The lowest BCUT2D eigenvalue weighted by Crippen LogP contribution is -1.96. The summed E-state index contributed by atoms with van der Waals surface area (Å²) in [6, 6.07) is 0. The second kappa shape index (κ2) is 23.7. The first-order chi connectivity index (χ1) is 16.3. The van der Waals surface area contributed by atoms with Crippen LogP contribution in [-0.2, 0) is 0 Å². The van der Waals surface area contributed by atoms with Crippen molar-refractivity contribution in [3.05, 3.63) is 4.77 Å². The Morgan fingerprint density at radius 2 is 0.939 bits per heavy atom. The molecule has 0 aliphatic carbocycles. The Morgan fingerprint density at radius 1 is 0.545 bits per heavy atom. The molecule has 192 valence electrons. The van der Waals surface area contributed by atoms with Crippen LogP contribution in [0.2, 0.25) is 0 Å². The second-order valence-corrected chi connectivity index (χ2v) is 11.8. The van der Waals surface area contributed by atoms with Gasteiger partial charge in [0.2, 0.25) is 4.77 Å². The summed E-state index contributed by atoms with van der Waals surface area (Å²) in [5.41, 5.74) is 0. The number of aromatic amines is 1. The average Bonchev–Trinajstić information content (AvgIpc) is 2.80. The Morgan fingerprint density at radius 3 is 1.39 bits per heavy atom. The van der Waals surface area contributed by atoms with Gasteiger partial charge >= 0.3 is 0 Å². The fourth-order valence-electron chi connectivity index (χ4n) is 3.99. The van der Waals surface area contributed by atoms with E-state index in [0.717, 1.165) is 21.8 Å². The Kier molecular flexibility index (Phi) is 22.2. The molecule has 1 N–H and O–H groups in total. The number of unbranched alkanes of at least 4 members (excludes halogenated alkanes) is 18. The zero-order chi connectivity index (χ0) is 23.8. The van der Waals surface area contributed by atoms with Gasteiger partial charge in [-0.15, -0.1) is 0 Å². The fourth-order valence-corrected chi connectivity index (χ4v) is 6.06. The molecule has 0 amide bonds. The third-order valence-corrected chi connectivity index (χ3v) is 8.16. The van der Waals surface area contributed by atoms with Crippen molar-refractivity contribution in [1.29, 1.82) is 0 Å². The van der Waals surface area contributed by atoms with Crippen LogP contribution in [0.1, 0.15) is 142 Å². The number of hydrogen-bond donors (Lipinski definition) is 1. The van der Waals surface area contributed by atoms with Gasteiger partial charge in [-0.3, -0.25) is 0 Å². The SMILES string of the molecule is CCCCCCCCCCCCSc1nc(SCCCCCCCCCCCC)[nH]c(=S)n1. The Hall–Kier alpha value is -0.0700. The van der Waals surface area contributed by atoms with Crippen LogP contribution in [0.3, 0.4) is 0 Å². The number of rotatable bonds is 24. The van der Waals surface area contributed by atoms with Gasteiger partial charge in [0.25, 0.3) is 0 Å². The largest absolute Gasteiger partial charge is 0.310 e. The topological polar surface area (TPSA) is 41.6 Å². The molecule has 1 rings (SSSR count). The van der Waals surface area contributed by atoms with E-state index in [1.807, 2.05) is 0 Å². The molecule has 0 unspecified atom stereocenters. The minimum absolute atomic E-state index is 0.571. The number of thioether (sulfide) groups is 2. The number of nitrogens with zero attached hydrogens (tertiary/aromatic N) is 2. The average molecular weight is 514 g/mol. The smallest absolute Gasteiger partial charge is 0.201 e. The van der Waals surface area contributed by atoms with Crippen LogP contribution in [0.5, 0.6) is 0 Å². The van der Waals surface area contributed by atoms with E-state index in [4.69, 9.17) is 17.2 Å². The predicted octanol–water partition coefficient (Wildman–Crippen LogP) is 10.6. The van der Waals surface area contributed by atoms with Crippen LogP contribution >= 0.6 is 35.7 Å². The highest BCUT2D eigenvalue weighted by molar-refractivity contribution is 7.99. The highest BCUT2D eigenvalue weighted by Gasteiger charge is 2.04. The minimum atomic E-state index is 0.571. The summed E-state index contributed by atoms with van der Waals surface area (Å²) in [5.74, 6) is 2.21. The molecule has 0 saturated heterocycles. The molecule has 33 heavy (non-hydrogen) atoms. The van der Waals surface area contributed by atoms with Crippen molar-refractivity contribution < 1.29 is 0 Å². The summed E-state index contributed by atoms with van der Waals surface area (Å²) < 4.78 is 0.571. The summed E-state index contributed by atoms with van der Waals surface area (Å²) in [6.45, 7) is 4.57. The van der Waals surface area contributed by atoms with Crippen LogP contribution in [0.25, 0.3) is 0 Å². The van der Waals surface area contributed by atoms with Crippen LogP contribution < -0.4 is 0 Å². The molecule has 1 aromatic rings. The molecular weight excluding hydrogens is 463 g/mol. The third-order valence-electron chi connectivity index (χ3n) is 6.07. The van der Waals surface area contributed by atoms with Crippen molar-refractivity contribution in [3.8, 4) is 0 Å². The Labute approximate surface area is 218 Å². The quantitative estimate of drug-likeness (QED) is 0.0845. The molecular formula is C27H51N3S3. The molecule has 0 radical (unpaired) electrons. The van der Waals surface area contributed by atoms with Gasteiger partial charge in [-0.05, 0) is 25.1 Å². The molecule has 1 aromatic heterocycles. The van der Waals surface area contributed by atoms with Crippen molar-refractivity contribution in [1.82, 2.24) is 15.0 Å². The molecule has 6 heteroatoms. The molecule has 0 spiro atoms. The van der Waals surface area contributed by atoms with E-state index in [1.54, 1.807) is 23.5 Å². The van der Waals surface area contributed by atoms with Gasteiger partial charge in [0, 0.05) is 11.5 Å². The number of hydrogen-bond acceptors (Lipinski definition) is 5. The Balaban J connectivity index is 2.03. The Bertz CT molecular complexity index is 559. The number of nitrogens with one attached hydrogen (secondary N) is 1. The minimum Gasteiger partial charge on any atom is -0.310 e. The van der Waals surface area contributed by atoms with Crippen molar-refractivity contribution in [2.24, 2.45) is 0 Å². The molecule has 0 fully saturated rings. The molecule has 0 aliphatic heterocycles. The lowest BCUT2D eigenvalue weighted by Gasteiger charge is -2.05. The van der Waals surface area contributed by atoms with Crippen LogP contribution in [0.15, 0.2) is 10.3 Å². The first kappa shape index (κ1) is 31.0. The van der Waals surface area contributed by atoms with E-state index in [1.165, 1.54) is 128 Å². The zero-order valence-electron chi connectivity index (χ0n) is 21.7. The first-order valence-corrected chi connectivity index (χ1v) is 16.4. The highest BCUT2D eigenvalue weighted by atomic mass is 32.2. The molecule has 3 nitrogen and oxygen atoms in total.